The number of rotatable bonds is 6. The SMILES string of the molecule is c1cc(-c2cccc(N3CCCC3)c2)cc(-c2ccnc3c2ccc2c(-c4cccc(-c5cccc(N6CCCC6)c5)c4)ccnc23)c1. The van der Waals surface area contributed by atoms with Crippen LogP contribution in [0, 0.1) is 0 Å². The first-order chi connectivity index (χ1) is 23.8. The zero-order valence-corrected chi connectivity index (χ0v) is 27.1. The van der Waals surface area contributed by atoms with Gasteiger partial charge in [0.2, 0.25) is 0 Å². The number of fused-ring (bicyclic) bond motifs is 3. The van der Waals surface area contributed by atoms with Crippen LogP contribution in [0.3, 0.4) is 0 Å². The normalized spacial score (nSPS) is 14.8. The van der Waals surface area contributed by atoms with Crippen LogP contribution in [-0.2, 0) is 0 Å². The van der Waals surface area contributed by atoms with Crippen molar-refractivity contribution in [3.63, 3.8) is 0 Å². The van der Waals surface area contributed by atoms with Gasteiger partial charge in [-0.25, -0.2) is 0 Å². The second kappa shape index (κ2) is 12.3. The van der Waals surface area contributed by atoms with Gasteiger partial charge in [-0.05, 0) is 119 Å². The number of nitrogens with zero attached hydrogens (tertiary/aromatic N) is 4. The first-order valence-corrected chi connectivity index (χ1v) is 17.4. The standard InChI is InChI=1S/C44H38N4/c1-2-24-47(23-1)37-15-7-11-33(29-37)31-9-5-13-35(27-31)39-19-21-45-43-41(39)17-18-42-40(20-22-46-44(42)43)36-14-6-10-32(28-36)34-12-8-16-38(30-34)48-25-3-4-26-48/h5-22,27-30H,1-4,23-26H2. The van der Waals surface area contributed by atoms with E-state index in [2.05, 4.69) is 131 Å². The van der Waals surface area contributed by atoms with E-state index in [9.17, 15) is 0 Å². The molecular weight excluding hydrogens is 585 g/mol. The van der Waals surface area contributed by atoms with Crippen molar-refractivity contribution in [1.29, 1.82) is 0 Å². The molecule has 5 aromatic carbocycles. The monoisotopic (exact) mass is 622 g/mol. The third kappa shape index (κ3) is 5.28. The minimum Gasteiger partial charge on any atom is -0.372 e. The van der Waals surface area contributed by atoms with Crippen LogP contribution in [0.4, 0.5) is 11.4 Å². The summed E-state index contributed by atoms with van der Waals surface area (Å²) in [5, 5.41) is 2.23. The molecule has 0 N–H and O–H groups in total. The summed E-state index contributed by atoms with van der Waals surface area (Å²) in [6, 6.07) is 44.6. The molecule has 4 heterocycles. The molecule has 4 heteroatoms. The van der Waals surface area contributed by atoms with Gasteiger partial charge in [-0.15, -0.1) is 0 Å². The van der Waals surface area contributed by atoms with Crippen molar-refractivity contribution in [2.24, 2.45) is 0 Å². The molecule has 2 aromatic heterocycles. The summed E-state index contributed by atoms with van der Waals surface area (Å²) in [7, 11) is 0. The van der Waals surface area contributed by atoms with Gasteiger partial charge in [0.25, 0.3) is 0 Å². The van der Waals surface area contributed by atoms with Crippen molar-refractivity contribution in [1.82, 2.24) is 9.97 Å². The van der Waals surface area contributed by atoms with Crippen LogP contribution in [0.15, 0.2) is 134 Å². The molecule has 234 valence electrons. The Morgan fingerprint density at radius 1 is 0.375 bits per heavy atom. The summed E-state index contributed by atoms with van der Waals surface area (Å²) < 4.78 is 0. The molecule has 0 aliphatic carbocycles. The highest BCUT2D eigenvalue weighted by Crippen LogP contribution is 2.38. The maximum atomic E-state index is 4.91. The molecule has 7 aromatic rings. The Balaban J connectivity index is 1.09. The molecule has 9 rings (SSSR count). The molecule has 0 atom stereocenters. The zero-order valence-electron chi connectivity index (χ0n) is 27.1. The largest absolute Gasteiger partial charge is 0.372 e. The van der Waals surface area contributed by atoms with E-state index in [1.54, 1.807) is 0 Å². The third-order valence-electron chi connectivity index (χ3n) is 10.3. The van der Waals surface area contributed by atoms with E-state index < -0.39 is 0 Å². The Hall–Kier alpha value is -5.48. The van der Waals surface area contributed by atoms with Gasteiger partial charge < -0.3 is 9.80 Å². The van der Waals surface area contributed by atoms with Gasteiger partial charge in [-0.2, -0.15) is 0 Å². The van der Waals surface area contributed by atoms with E-state index in [1.165, 1.54) is 81.6 Å². The molecule has 0 radical (unpaired) electrons. The second-order valence-corrected chi connectivity index (χ2v) is 13.2. The Morgan fingerprint density at radius 3 is 1.19 bits per heavy atom. The number of benzene rings is 5. The summed E-state index contributed by atoms with van der Waals surface area (Å²) >= 11 is 0. The lowest BCUT2D eigenvalue weighted by Crippen LogP contribution is -2.17. The molecule has 48 heavy (non-hydrogen) atoms. The molecule has 2 fully saturated rings. The average Bonchev–Trinajstić information content (AvgIpc) is 3.91. The predicted octanol–water partition coefficient (Wildman–Crippen LogP) is 10.7. The number of pyridine rings is 2. The van der Waals surface area contributed by atoms with E-state index in [-0.39, 0.29) is 0 Å². The molecule has 0 amide bonds. The first-order valence-electron chi connectivity index (χ1n) is 17.4. The summed E-state index contributed by atoms with van der Waals surface area (Å²) in [6.45, 7) is 4.59. The van der Waals surface area contributed by atoms with Gasteiger partial charge in [-0.3, -0.25) is 9.97 Å². The van der Waals surface area contributed by atoms with Gasteiger partial charge >= 0.3 is 0 Å². The lowest BCUT2D eigenvalue weighted by Gasteiger charge is -2.18. The minimum atomic E-state index is 0.933. The Labute approximate surface area is 282 Å². The van der Waals surface area contributed by atoms with E-state index in [4.69, 9.17) is 9.97 Å². The average molecular weight is 623 g/mol. The third-order valence-corrected chi connectivity index (χ3v) is 10.3. The molecule has 2 saturated heterocycles. The zero-order chi connectivity index (χ0) is 31.9. The molecule has 4 nitrogen and oxygen atoms in total. The Kier molecular flexibility index (Phi) is 7.34. The number of aromatic nitrogens is 2. The molecular formula is C44H38N4. The van der Waals surface area contributed by atoms with E-state index in [0.29, 0.717) is 0 Å². The maximum Gasteiger partial charge on any atom is 0.0970 e. The highest BCUT2D eigenvalue weighted by molar-refractivity contribution is 6.11. The maximum absolute atomic E-state index is 4.91. The lowest BCUT2D eigenvalue weighted by atomic mass is 9.94. The first kappa shape index (κ1) is 28.7. The summed E-state index contributed by atoms with van der Waals surface area (Å²) in [5.41, 5.74) is 14.2. The van der Waals surface area contributed by atoms with Crippen molar-refractivity contribution in [2.45, 2.75) is 25.7 Å². The second-order valence-electron chi connectivity index (χ2n) is 13.2. The fourth-order valence-electron chi connectivity index (χ4n) is 7.78. The van der Waals surface area contributed by atoms with Crippen LogP contribution in [0.25, 0.3) is 66.3 Å². The highest BCUT2D eigenvalue weighted by Gasteiger charge is 2.16. The molecule has 2 aliphatic rings. The van der Waals surface area contributed by atoms with Gasteiger partial charge in [0.15, 0.2) is 0 Å². The Morgan fingerprint density at radius 2 is 0.750 bits per heavy atom. The molecule has 0 spiro atoms. The van der Waals surface area contributed by atoms with Gasteiger partial charge in [0, 0.05) is 60.7 Å². The van der Waals surface area contributed by atoms with Crippen LogP contribution < -0.4 is 9.80 Å². The van der Waals surface area contributed by atoms with Crippen LogP contribution in [-0.4, -0.2) is 36.1 Å². The van der Waals surface area contributed by atoms with Crippen molar-refractivity contribution in [3.05, 3.63) is 134 Å². The minimum absolute atomic E-state index is 0.933. The summed E-state index contributed by atoms with van der Waals surface area (Å²) in [5.74, 6) is 0. The molecule has 0 bridgehead atoms. The van der Waals surface area contributed by atoms with E-state index in [1.807, 2.05) is 12.4 Å². The number of hydrogen-bond donors (Lipinski definition) is 0. The lowest BCUT2D eigenvalue weighted by molar-refractivity contribution is 0.949. The Bertz CT molecular complexity index is 2120. The molecule has 0 unspecified atom stereocenters. The van der Waals surface area contributed by atoms with Crippen molar-refractivity contribution in [2.75, 3.05) is 36.0 Å². The summed E-state index contributed by atoms with van der Waals surface area (Å²) in [6.07, 6.45) is 8.97. The van der Waals surface area contributed by atoms with E-state index in [0.717, 1.165) is 48.0 Å². The predicted molar refractivity (Wildman–Crippen MR) is 202 cm³/mol. The van der Waals surface area contributed by atoms with Crippen LogP contribution in [0.5, 0.6) is 0 Å². The smallest absolute Gasteiger partial charge is 0.0970 e. The molecule has 0 saturated carbocycles. The number of anilines is 2. The van der Waals surface area contributed by atoms with Gasteiger partial charge in [0.05, 0.1) is 11.0 Å². The topological polar surface area (TPSA) is 32.3 Å². The quantitative estimate of drug-likeness (QED) is 0.173. The van der Waals surface area contributed by atoms with Crippen LogP contribution >= 0.6 is 0 Å². The van der Waals surface area contributed by atoms with Crippen LogP contribution in [0.1, 0.15) is 25.7 Å². The van der Waals surface area contributed by atoms with Gasteiger partial charge in [-0.1, -0.05) is 72.8 Å². The van der Waals surface area contributed by atoms with Crippen molar-refractivity contribution >= 4 is 33.2 Å². The fraction of sp³-hybridized carbons (Fsp3) is 0.182. The van der Waals surface area contributed by atoms with Crippen LogP contribution in [0.2, 0.25) is 0 Å². The van der Waals surface area contributed by atoms with E-state index >= 15 is 0 Å². The number of hydrogen-bond acceptors (Lipinski definition) is 4. The van der Waals surface area contributed by atoms with Crippen molar-refractivity contribution in [3.8, 4) is 44.5 Å². The highest BCUT2D eigenvalue weighted by atomic mass is 15.1. The summed E-state index contributed by atoms with van der Waals surface area (Å²) in [4.78, 5) is 14.8. The van der Waals surface area contributed by atoms with Gasteiger partial charge in [0.1, 0.15) is 0 Å². The fourth-order valence-corrected chi connectivity index (χ4v) is 7.78. The van der Waals surface area contributed by atoms with Crippen molar-refractivity contribution < 1.29 is 0 Å². The molecule has 2 aliphatic heterocycles.